The summed E-state index contributed by atoms with van der Waals surface area (Å²) in [5, 5.41) is 11.0. The predicted octanol–water partition coefficient (Wildman–Crippen LogP) is 0.907. The molecule has 2 amide bonds. The molecule has 0 fully saturated rings. The van der Waals surface area contributed by atoms with Crippen LogP contribution in [-0.2, 0) is 0 Å². The quantitative estimate of drug-likeness (QED) is 0.417. The van der Waals surface area contributed by atoms with Crippen molar-refractivity contribution in [1.29, 1.82) is 5.26 Å². The minimum atomic E-state index is -0.375. The molecule has 0 radical (unpaired) electrons. The van der Waals surface area contributed by atoms with Gasteiger partial charge in [0.05, 0.1) is 0 Å². The highest BCUT2D eigenvalue weighted by molar-refractivity contribution is 5.76. The van der Waals surface area contributed by atoms with E-state index < -0.39 is 0 Å². The molecule has 1 N–H and O–H groups in total. The van der Waals surface area contributed by atoms with E-state index in [0.29, 0.717) is 0 Å². The molecule has 0 atom stereocenters. The van der Waals surface area contributed by atoms with Crippen molar-refractivity contribution >= 4 is 6.03 Å². The third kappa shape index (κ3) is 4.20. The number of rotatable bonds is 0. The van der Waals surface area contributed by atoms with E-state index in [0.717, 1.165) is 4.90 Å². The second-order valence-electron chi connectivity index (χ2n) is 3.34. The van der Waals surface area contributed by atoms with Crippen molar-refractivity contribution in [3.63, 3.8) is 0 Å². The Labute approximate surface area is 66.8 Å². The Hall–Kier alpha value is -1.24. The van der Waals surface area contributed by atoms with Crippen LogP contribution in [0, 0.1) is 11.5 Å². The molecular formula is C7H13N3O. The van der Waals surface area contributed by atoms with Gasteiger partial charge in [-0.1, -0.05) is 0 Å². The second kappa shape index (κ2) is 3.24. The van der Waals surface area contributed by atoms with Crippen molar-refractivity contribution in [3.05, 3.63) is 0 Å². The van der Waals surface area contributed by atoms with Gasteiger partial charge < -0.3 is 5.32 Å². The van der Waals surface area contributed by atoms with E-state index in [1.165, 1.54) is 7.05 Å². The molecule has 62 valence electrons. The molecule has 0 aromatic rings. The van der Waals surface area contributed by atoms with E-state index >= 15 is 0 Å². The molecule has 0 bridgehead atoms. The Kier molecular flexibility index (Phi) is 2.87. The summed E-state index contributed by atoms with van der Waals surface area (Å²) in [6.45, 7) is 5.57. The first-order chi connectivity index (χ1) is 4.87. The first-order valence-corrected chi connectivity index (χ1v) is 3.32. The van der Waals surface area contributed by atoms with Crippen molar-refractivity contribution in [2.24, 2.45) is 0 Å². The molecule has 4 heteroatoms. The van der Waals surface area contributed by atoms with Gasteiger partial charge in [0, 0.05) is 12.6 Å². The number of carbonyl (C=O) groups excluding carboxylic acids is 1. The van der Waals surface area contributed by atoms with Crippen LogP contribution in [0.25, 0.3) is 0 Å². The monoisotopic (exact) mass is 155 g/mol. The summed E-state index contributed by atoms with van der Waals surface area (Å²) in [4.78, 5) is 11.9. The Morgan fingerprint density at radius 2 is 2.00 bits per heavy atom. The summed E-state index contributed by atoms with van der Waals surface area (Å²) in [5.74, 6) is 0. The van der Waals surface area contributed by atoms with Gasteiger partial charge >= 0.3 is 6.03 Å². The molecule has 0 heterocycles. The van der Waals surface area contributed by atoms with Gasteiger partial charge in [-0.15, -0.1) is 0 Å². The fourth-order valence-electron chi connectivity index (χ4n) is 0.450. The Bertz CT molecular complexity index is 187. The van der Waals surface area contributed by atoms with Crippen molar-refractivity contribution in [2.75, 3.05) is 7.05 Å². The third-order valence-corrected chi connectivity index (χ3v) is 0.937. The summed E-state index contributed by atoms with van der Waals surface area (Å²) in [6.07, 6.45) is 1.71. The molecule has 0 aliphatic carbocycles. The van der Waals surface area contributed by atoms with Crippen LogP contribution in [0.4, 0.5) is 4.79 Å². The average molecular weight is 155 g/mol. The van der Waals surface area contributed by atoms with Crippen LogP contribution < -0.4 is 5.32 Å². The van der Waals surface area contributed by atoms with E-state index in [9.17, 15) is 4.79 Å². The van der Waals surface area contributed by atoms with Crippen LogP contribution in [0.5, 0.6) is 0 Å². The minimum absolute atomic E-state index is 0.289. The first-order valence-electron chi connectivity index (χ1n) is 3.32. The standard InChI is InChI=1S/C7H13N3O/c1-7(2,3)9-6(11)10(4)5-8/h1-4H3,(H,9,11). The maximum atomic E-state index is 11.0. The van der Waals surface area contributed by atoms with Gasteiger partial charge in [-0.05, 0) is 20.8 Å². The van der Waals surface area contributed by atoms with Gasteiger partial charge in [0.2, 0.25) is 0 Å². The summed E-state index contributed by atoms with van der Waals surface area (Å²) in [7, 11) is 1.42. The van der Waals surface area contributed by atoms with E-state index in [1.54, 1.807) is 6.19 Å². The van der Waals surface area contributed by atoms with Crippen LogP contribution in [0.15, 0.2) is 0 Å². The second-order valence-corrected chi connectivity index (χ2v) is 3.34. The normalized spacial score (nSPS) is 10.1. The van der Waals surface area contributed by atoms with Crippen molar-refractivity contribution < 1.29 is 4.79 Å². The number of nitrogens with one attached hydrogen (secondary N) is 1. The lowest BCUT2D eigenvalue weighted by atomic mass is 10.1. The smallest absolute Gasteiger partial charge is 0.330 e. The number of carbonyl (C=O) groups is 1. The molecule has 0 unspecified atom stereocenters. The zero-order valence-corrected chi connectivity index (χ0v) is 7.30. The van der Waals surface area contributed by atoms with Crippen molar-refractivity contribution in [3.8, 4) is 6.19 Å². The van der Waals surface area contributed by atoms with Crippen LogP contribution in [0.1, 0.15) is 20.8 Å². The number of hydrogen-bond donors (Lipinski definition) is 1. The summed E-state index contributed by atoms with van der Waals surface area (Å²) in [5.41, 5.74) is -0.289. The SMILES string of the molecule is CN(C#N)C(=O)NC(C)(C)C. The number of urea groups is 1. The predicted molar refractivity (Wildman–Crippen MR) is 41.7 cm³/mol. The van der Waals surface area contributed by atoms with E-state index in [-0.39, 0.29) is 11.6 Å². The molecule has 0 aliphatic rings. The molecule has 0 rings (SSSR count). The van der Waals surface area contributed by atoms with Crippen molar-refractivity contribution in [1.82, 2.24) is 10.2 Å². The number of amides is 2. The van der Waals surface area contributed by atoms with Crippen LogP contribution >= 0.6 is 0 Å². The van der Waals surface area contributed by atoms with E-state index in [4.69, 9.17) is 5.26 Å². The maximum Gasteiger partial charge on any atom is 0.330 e. The van der Waals surface area contributed by atoms with Gasteiger partial charge in [-0.3, -0.25) is 0 Å². The van der Waals surface area contributed by atoms with E-state index in [1.807, 2.05) is 20.8 Å². The molecule has 11 heavy (non-hydrogen) atoms. The number of nitriles is 1. The number of nitrogens with zero attached hydrogens (tertiary/aromatic N) is 2. The average Bonchev–Trinajstić information content (AvgIpc) is 1.82. The Morgan fingerprint density at radius 1 is 1.55 bits per heavy atom. The molecule has 0 aromatic carbocycles. The molecule has 0 spiro atoms. The highest BCUT2D eigenvalue weighted by Crippen LogP contribution is 1.98. The minimum Gasteiger partial charge on any atom is -0.333 e. The zero-order valence-electron chi connectivity index (χ0n) is 7.30. The molecule has 0 saturated heterocycles. The fraction of sp³-hybridized carbons (Fsp3) is 0.714. The highest BCUT2D eigenvalue weighted by atomic mass is 16.2. The van der Waals surface area contributed by atoms with Gasteiger partial charge in [-0.25, -0.2) is 9.69 Å². The lowest BCUT2D eigenvalue weighted by Crippen LogP contribution is -2.45. The van der Waals surface area contributed by atoms with Crippen LogP contribution in [0.2, 0.25) is 0 Å². The molecular weight excluding hydrogens is 142 g/mol. The highest BCUT2D eigenvalue weighted by Gasteiger charge is 2.15. The molecule has 0 aliphatic heterocycles. The van der Waals surface area contributed by atoms with Gasteiger partial charge in [0.15, 0.2) is 6.19 Å². The molecule has 0 aromatic heterocycles. The third-order valence-electron chi connectivity index (χ3n) is 0.937. The summed E-state index contributed by atoms with van der Waals surface area (Å²) in [6, 6.07) is -0.375. The Morgan fingerprint density at radius 3 is 2.27 bits per heavy atom. The van der Waals surface area contributed by atoms with Crippen LogP contribution in [0.3, 0.4) is 0 Å². The van der Waals surface area contributed by atoms with Crippen LogP contribution in [-0.4, -0.2) is 23.5 Å². The fourth-order valence-corrected chi connectivity index (χ4v) is 0.450. The zero-order chi connectivity index (χ0) is 9.07. The Balaban J connectivity index is 4.01. The maximum absolute atomic E-state index is 11.0. The topological polar surface area (TPSA) is 56.1 Å². The molecule has 0 saturated carbocycles. The molecule has 4 nitrogen and oxygen atoms in total. The lowest BCUT2D eigenvalue weighted by molar-refractivity contribution is 0.214. The van der Waals surface area contributed by atoms with Gasteiger partial charge in [0.25, 0.3) is 0 Å². The van der Waals surface area contributed by atoms with E-state index in [2.05, 4.69) is 5.32 Å². The first kappa shape index (κ1) is 9.76. The number of hydrogen-bond acceptors (Lipinski definition) is 2. The van der Waals surface area contributed by atoms with Crippen molar-refractivity contribution in [2.45, 2.75) is 26.3 Å². The largest absolute Gasteiger partial charge is 0.333 e. The summed E-state index contributed by atoms with van der Waals surface area (Å²) >= 11 is 0. The lowest BCUT2D eigenvalue weighted by Gasteiger charge is -2.21. The van der Waals surface area contributed by atoms with Gasteiger partial charge in [0.1, 0.15) is 0 Å². The van der Waals surface area contributed by atoms with Gasteiger partial charge in [-0.2, -0.15) is 5.26 Å². The summed E-state index contributed by atoms with van der Waals surface area (Å²) < 4.78 is 0.